The van der Waals surface area contributed by atoms with Crippen LogP contribution in [-0.4, -0.2) is 16.9 Å². The summed E-state index contributed by atoms with van der Waals surface area (Å²) in [5, 5.41) is 6.08. The molecular weight excluding hydrogens is 352 g/mol. The maximum absolute atomic E-state index is 13.0. The van der Waals surface area contributed by atoms with Gasteiger partial charge in [0.15, 0.2) is 0 Å². The minimum atomic E-state index is -0.0603. The summed E-state index contributed by atoms with van der Waals surface area (Å²) in [6, 6.07) is 23.9. The molecule has 4 aromatic rings. The summed E-state index contributed by atoms with van der Waals surface area (Å²) in [7, 11) is 0. The van der Waals surface area contributed by atoms with Crippen molar-refractivity contribution in [1.29, 1.82) is 0 Å². The van der Waals surface area contributed by atoms with Gasteiger partial charge in [0.1, 0.15) is 0 Å². The van der Waals surface area contributed by atoms with Gasteiger partial charge in [0.25, 0.3) is 5.91 Å². The Labute approximate surface area is 162 Å². The number of amides is 1. The highest BCUT2D eigenvalue weighted by molar-refractivity contribution is 7.09. The summed E-state index contributed by atoms with van der Waals surface area (Å²) in [5.74, 6) is -0.0603. The van der Waals surface area contributed by atoms with E-state index in [1.165, 1.54) is 4.88 Å². The largest absolute Gasteiger partial charge is 0.349 e. The first-order valence-corrected chi connectivity index (χ1v) is 9.87. The second-order valence-electron chi connectivity index (χ2n) is 6.60. The summed E-state index contributed by atoms with van der Waals surface area (Å²) in [6.45, 7) is 2.04. The van der Waals surface area contributed by atoms with Crippen LogP contribution in [0.5, 0.6) is 0 Å². The number of nitrogens with one attached hydrogen (secondary N) is 1. The lowest BCUT2D eigenvalue weighted by Gasteiger charge is -2.15. The SMILES string of the molecule is C[C@H](Cc1cccs1)NC(=O)c1cc(-c2ccccc2)nc2ccccc12. The van der Waals surface area contributed by atoms with Crippen LogP contribution >= 0.6 is 11.3 Å². The van der Waals surface area contributed by atoms with Crippen LogP contribution in [0.2, 0.25) is 0 Å². The molecule has 134 valence electrons. The molecule has 0 unspecified atom stereocenters. The van der Waals surface area contributed by atoms with Crippen LogP contribution in [0.1, 0.15) is 22.2 Å². The number of nitrogens with zero attached hydrogens (tertiary/aromatic N) is 1. The molecule has 0 saturated carbocycles. The number of carbonyl (C=O) groups excluding carboxylic acids is 1. The van der Waals surface area contributed by atoms with Crippen molar-refractivity contribution in [2.45, 2.75) is 19.4 Å². The van der Waals surface area contributed by atoms with Crippen molar-refractivity contribution in [3.05, 3.63) is 88.6 Å². The number of hydrogen-bond acceptors (Lipinski definition) is 3. The number of hydrogen-bond donors (Lipinski definition) is 1. The predicted molar refractivity (Wildman–Crippen MR) is 112 cm³/mol. The number of aromatic nitrogens is 1. The molecule has 0 spiro atoms. The standard InChI is InChI=1S/C23H20N2OS/c1-16(14-18-10-7-13-27-18)24-23(26)20-15-22(17-8-3-2-4-9-17)25-21-12-6-5-11-19(20)21/h2-13,15-16H,14H2,1H3,(H,24,26)/t16-/m1/s1. The van der Waals surface area contributed by atoms with Crippen molar-refractivity contribution >= 4 is 28.1 Å². The highest BCUT2D eigenvalue weighted by Crippen LogP contribution is 2.25. The quantitative estimate of drug-likeness (QED) is 0.515. The Morgan fingerprint density at radius 2 is 1.81 bits per heavy atom. The fourth-order valence-electron chi connectivity index (χ4n) is 3.20. The van der Waals surface area contributed by atoms with Gasteiger partial charge < -0.3 is 5.32 Å². The van der Waals surface area contributed by atoms with Gasteiger partial charge >= 0.3 is 0 Å². The first kappa shape index (κ1) is 17.4. The fraction of sp³-hybridized carbons (Fsp3) is 0.130. The van der Waals surface area contributed by atoms with Crippen LogP contribution < -0.4 is 5.32 Å². The van der Waals surface area contributed by atoms with Gasteiger partial charge in [-0.05, 0) is 30.5 Å². The lowest BCUT2D eigenvalue weighted by molar-refractivity contribution is 0.0942. The molecule has 2 aromatic heterocycles. The highest BCUT2D eigenvalue weighted by atomic mass is 32.1. The van der Waals surface area contributed by atoms with Gasteiger partial charge in [-0.1, -0.05) is 54.6 Å². The van der Waals surface area contributed by atoms with E-state index in [0.29, 0.717) is 5.56 Å². The third-order valence-corrected chi connectivity index (χ3v) is 5.39. The molecule has 0 aliphatic heterocycles. The zero-order chi connectivity index (χ0) is 18.6. The second-order valence-corrected chi connectivity index (χ2v) is 7.63. The summed E-state index contributed by atoms with van der Waals surface area (Å²) >= 11 is 1.72. The Balaban J connectivity index is 1.68. The number of benzene rings is 2. The molecule has 4 heteroatoms. The molecule has 1 N–H and O–H groups in total. The topological polar surface area (TPSA) is 42.0 Å². The Kier molecular flexibility index (Phi) is 4.99. The summed E-state index contributed by atoms with van der Waals surface area (Å²) in [6.07, 6.45) is 0.831. The van der Waals surface area contributed by atoms with E-state index in [4.69, 9.17) is 4.98 Å². The van der Waals surface area contributed by atoms with E-state index in [9.17, 15) is 4.79 Å². The monoisotopic (exact) mass is 372 g/mol. The summed E-state index contributed by atoms with van der Waals surface area (Å²) < 4.78 is 0. The van der Waals surface area contributed by atoms with Crippen LogP contribution in [0, 0.1) is 0 Å². The van der Waals surface area contributed by atoms with E-state index >= 15 is 0 Å². The molecule has 1 amide bonds. The van der Waals surface area contributed by atoms with Crippen LogP contribution in [-0.2, 0) is 6.42 Å². The van der Waals surface area contributed by atoms with Crippen molar-refractivity contribution in [3.63, 3.8) is 0 Å². The minimum Gasteiger partial charge on any atom is -0.349 e. The van der Waals surface area contributed by atoms with E-state index in [0.717, 1.165) is 28.6 Å². The van der Waals surface area contributed by atoms with Crippen molar-refractivity contribution in [1.82, 2.24) is 10.3 Å². The van der Waals surface area contributed by atoms with E-state index in [1.807, 2.05) is 73.7 Å². The number of carbonyl (C=O) groups is 1. The second kappa shape index (κ2) is 7.72. The van der Waals surface area contributed by atoms with Crippen molar-refractivity contribution in [3.8, 4) is 11.3 Å². The van der Waals surface area contributed by atoms with Crippen molar-refractivity contribution in [2.75, 3.05) is 0 Å². The first-order valence-electron chi connectivity index (χ1n) is 8.99. The molecule has 0 aliphatic carbocycles. The van der Waals surface area contributed by atoms with Gasteiger partial charge in [-0.15, -0.1) is 11.3 Å². The minimum absolute atomic E-state index is 0.0586. The average Bonchev–Trinajstić information content (AvgIpc) is 3.20. The lowest BCUT2D eigenvalue weighted by atomic mass is 10.0. The predicted octanol–water partition coefficient (Wildman–Crippen LogP) is 5.32. The van der Waals surface area contributed by atoms with Gasteiger partial charge in [0.05, 0.1) is 16.8 Å². The zero-order valence-corrected chi connectivity index (χ0v) is 15.9. The van der Waals surface area contributed by atoms with Crippen LogP contribution in [0.3, 0.4) is 0 Å². The molecule has 4 rings (SSSR count). The Morgan fingerprint density at radius 1 is 1.04 bits per heavy atom. The third kappa shape index (κ3) is 3.91. The fourth-order valence-corrected chi connectivity index (χ4v) is 4.04. The maximum Gasteiger partial charge on any atom is 0.252 e. The Morgan fingerprint density at radius 3 is 2.59 bits per heavy atom. The Bertz CT molecular complexity index is 1060. The normalized spacial score (nSPS) is 12.0. The average molecular weight is 372 g/mol. The van der Waals surface area contributed by atoms with Gasteiger partial charge in [0, 0.05) is 28.3 Å². The molecule has 0 bridgehead atoms. The maximum atomic E-state index is 13.0. The number of para-hydroxylation sites is 1. The lowest BCUT2D eigenvalue weighted by Crippen LogP contribution is -2.34. The van der Waals surface area contributed by atoms with E-state index in [1.54, 1.807) is 11.3 Å². The molecule has 3 nitrogen and oxygen atoms in total. The summed E-state index contributed by atoms with van der Waals surface area (Å²) in [4.78, 5) is 19.1. The molecule has 27 heavy (non-hydrogen) atoms. The van der Waals surface area contributed by atoms with Crippen molar-refractivity contribution in [2.24, 2.45) is 0 Å². The van der Waals surface area contributed by atoms with Gasteiger partial charge in [-0.3, -0.25) is 4.79 Å². The van der Waals surface area contributed by atoms with Crippen molar-refractivity contribution < 1.29 is 4.79 Å². The molecular formula is C23H20N2OS. The zero-order valence-electron chi connectivity index (χ0n) is 15.1. The number of fused-ring (bicyclic) bond motifs is 1. The molecule has 2 aromatic carbocycles. The third-order valence-electron chi connectivity index (χ3n) is 4.50. The molecule has 2 heterocycles. The summed E-state index contributed by atoms with van der Waals surface area (Å²) in [5.41, 5.74) is 3.31. The molecule has 0 fully saturated rings. The van der Waals surface area contributed by atoms with Crippen LogP contribution in [0.25, 0.3) is 22.2 Å². The van der Waals surface area contributed by atoms with Gasteiger partial charge in [0.2, 0.25) is 0 Å². The smallest absolute Gasteiger partial charge is 0.252 e. The molecule has 0 radical (unpaired) electrons. The van der Waals surface area contributed by atoms with Gasteiger partial charge in [-0.25, -0.2) is 4.98 Å². The number of rotatable bonds is 5. The highest BCUT2D eigenvalue weighted by Gasteiger charge is 2.16. The molecule has 1 atom stereocenters. The molecule has 0 aliphatic rings. The van der Waals surface area contributed by atoms with Crippen LogP contribution in [0.15, 0.2) is 78.2 Å². The number of thiophene rings is 1. The number of pyridine rings is 1. The molecule has 0 saturated heterocycles. The van der Waals surface area contributed by atoms with Gasteiger partial charge in [-0.2, -0.15) is 0 Å². The van der Waals surface area contributed by atoms with E-state index in [2.05, 4.69) is 16.8 Å². The first-order chi connectivity index (χ1) is 13.2. The van der Waals surface area contributed by atoms with Crippen LogP contribution in [0.4, 0.5) is 0 Å². The van der Waals surface area contributed by atoms with E-state index < -0.39 is 0 Å². The Hall–Kier alpha value is -2.98. The van der Waals surface area contributed by atoms with E-state index in [-0.39, 0.29) is 11.9 Å².